The van der Waals surface area contributed by atoms with E-state index in [9.17, 15) is 0 Å². The van der Waals surface area contributed by atoms with Crippen molar-refractivity contribution in [2.75, 3.05) is 0 Å². The molecule has 0 rings (SSSR count). The van der Waals surface area contributed by atoms with E-state index in [-0.39, 0.29) is 0 Å². The van der Waals surface area contributed by atoms with E-state index in [1.165, 1.54) is 57.8 Å². The summed E-state index contributed by atoms with van der Waals surface area (Å²) in [5.74, 6) is 3.37. The van der Waals surface area contributed by atoms with Crippen LogP contribution in [0.1, 0.15) is 113 Å². The normalized spacial score (nSPS) is 15.5. The largest absolute Gasteiger partial charge is 0.0857 e. The third-order valence-corrected chi connectivity index (χ3v) is 5.26. The van der Waals surface area contributed by atoms with Gasteiger partial charge in [-0.15, -0.1) is 0 Å². The van der Waals surface area contributed by atoms with Gasteiger partial charge in [-0.05, 0) is 49.9 Å². The molecule has 0 heterocycles. The predicted molar refractivity (Wildman–Crippen MR) is 117 cm³/mol. The van der Waals surface area contributed by atoms with E-state index in [1.54, 1.807) is 5.57 Å². The van der Waals surface area contributed by atoms with E-state index in [0.717, 1.165) is 24.2 Å². The molecule has 0 aliphatic rings. The van der Waals surface area contributed by atoms with Crippen LogP contribution in [-0.2, 0) is 0 Å². The van der Waals surface area contributed by atoms with E-state index >= 15 is 0 Å². The van der Waals surface area contributed by atoms with Gasteiger partial charge in [0.15, 0.2) is 0 Å². The van der Waals surface area contributed by atoms with Gasteiger partial charge in [0.1, 0.15) is 0 Å². The van der Waals surface area contributed by atoms with Crippen LogP contribution in [0.3, 0.4) is 0 Å². The van der Waals surface area contributed by atoms with Crippen molar-refractivity contribution in [3.8, 4) is 0 Å². The number of allylic oxidation sites excluding steroid dienone is 4. The Labute approximate surface area is 160 Å². The second-order valence-corrected chi connectivity index (χ2v) is 9.32. The van der Waals surface area contributed by atoms with E-state index in [1.807, 2.05) is 0 Å². The van der Waals surface area contributed by atoms with Gasteiger partial charge < -0.3 is 0 Å². The molecule has 0 saturated heterocycles. The van der Waals surface area contributed by atoms with Crippen LogP contribution in [0.5, 0.6) is 0 Å². The van der Waals surface area contributed by atoms with Crippen LogP contribution in [0.25, 0.3) is 0 Å². The molecule has 0 fully saturated rings. The zero-order valence-electron chi connectivity index (χ0n) is 18.6. The fraction of sp³-hybridized carbons (Fsp3) is 0.840. The summed E-state index contributed by atoms with van der Waals surface area (Å²) in [6, 6.07) is 0. The topological polar surface area (TPSA) is 0 Å². The first-order valence-corrected chi connectivity index (χ1v) is 11.1. The lowest BCUT2D eigenvalue weighted by Crippen LogP contribution is -2.00. The lowest BCUT2D eigenvalue weighted by atomic mass is 9.91. The minimum Gasteiger partial charge on any atom is -0.0857 e. The van der Waals surface area contributed by atoms with Crippen LogP contribution < -0.4 is 0 Å². The van der Waals surface area contributed by atoms with Crippen LogP contribution >= 0.6 is 0 Å². The molecule has 0 aliphatic carbocycles. The van der Waals surface area contributed by atoms with Crippen LogP contribution in [-0.4, -0.2) is 0 Å². The van der Waals surface area contributed by atoms with Crippen molar-refractivity contribution in [2.24, 2.45) is 23.7 Å². The summed E-state index contributed by atoms with van der Waals surface area (Å²) < 4.78 is 0. The highest BCUT2D eigenvalue weighted by molar-refractivity contribution is 5.02. The van der Waals surface area contributed by atoms with Gasteiger partial charge in [0.05, 0.1) is 0 Å². The lowest BCUT2D eigenvalue weighted by Gasteiger charge is -2.15. The van der Waals surface area contributed by atoms with Crippen LogP contribution in [0.15, 0.2) is 23.8 Å². The highest BCUT2D eigenvalue weighted by atomic mass is 14.1. The molecule has 0 N–H and O–H groups in total. The molecule has 0 radical (unpaired) electrons. The van der Waals surface area contributed by atoms with E-state index in [2.05, 4.69) is 66.7 Å². The van der Waals surface area contributed by atoms with Gasteiger partial charge in [-0.1, -0.05) is 110 Å². The second-order valence-electron chi connectivity index (χ2n) is 9.32. The molecule has 0 nitrogen and oxygen atoms in total. The average Bonchev–Trinajstić information content (AvgIpc) is 2.51. The third kappa shape index (κ3) is 18.1. The van der Waals surface area contributed by atoms with E-state index in [0.29, 0.717) is 5.92 Å². The van der Waals surface area contributed by atoms with E-state index in [4.69, 9.17) is 0 Å². The molecule has 0 spiro atoms. The Hall–Kier alpha value is -0.520. The molecule has 25 heavy (non-hydrogen) atoms. The zero-order chi connectivity index (χ0) is 19.1. The van der Waals surface area contributed by atoms with Gasteiger partial charge in [0, 0.05) is 0 Å². The quantitative estimate of drug-likeness (QED) is 0.259. The lowest BCUT2D eigenvalue weighted by molar-refractivity contribution is 0.389. The van der Waals surface area contributed by atoms with Crippen LogP contribution in [0.4, 0.5) is 0 Å². The Kier molecular flexibility index (Phi) is 15.4. The number of rotatable bonds is 15. The van der Waals surface area contributed by atoms with Crippen molar-refractivity contribution in [3.63, 3.8) is 0 Å². The Balaban J connectivity index is 3.66. The van der Waals surface area contributed by atoms with Crippen LogP contribution in [0.2, 0.25) is 0 Å². The number of hydrogen-bond acceptors (Lipinski definition) is 0. The third-order valence-electron chi connectivity index (χ3n) is 5.26. The Bertz CT molecular complexity index is 345. The van der Waals surface area contributed by atoms with Crippen molar-refractivity contribution < 1.29 is 0 Å². The van der Waals surface area contributed by atoms with E-state index < -0.39 is 0 Å². The van der Waals surface area contributed by atoms with Gasteiger partial charge in [-0.2, -0.15) is 0 Å². The second kappa shape index (κ2) is 15.7. The highest BCUT2D eigenvalue weighted by Gasteiger charge is 2.06. The van der Waals surface area contributed by atoms with Crippen LogP contribution in [0, 0.1) is 23.7 Å². The fourth-order valence-electron chi connectivity index (χ4n) is 3.43. The summed E-state index contributed by atoms with van der Waals surface area (Å²) in [7, 11) is 0. The van der Waals surface area contributed by atoms with Crippen molar-refractivity contribution in [1.29, 1.82) is 0 Å². The fourth-order valence-corrected chi connectivity index (χ4v) is 3.43. The molecule has 0 aromatic carbocycles. The molecule has 0 aliphatic heterocycles. The molecule has 0 aromatic rings. The molecule has 0 unspecified atom stereocenters. The van der Waals surface area contributed by atoms with Gasteiger partial charge >= 0.3 is 0 Å². The molecule has 0 saturated carbocycles. The van der Waals surface area contributed by atoms with Gasteiger partial charge in [0.2, 0.25) is 0 Å². The van der Waals surface area contributed by atoms with Crippen molar-refractivity contribution >= 4 is 0 Å². The molecule has 0 heteroatoms. The summed E-state index contributed by atoms with van der Waals surface area (Å²) in [5, 5.41) is 0. The smallest absolute Gasteiger partial charge is 0.0167 e. The Morgan fingerprint density at radius 3 is 1.76 bits per heavy atom. The monoisotopic (exact) mass is 348 g/mol. The summed E-state index contributed by atoms with van der Waals surface area (Å²) in [5.41, 5.74) is 1.57. The summed E-state index contributed by atoms with van der Waals surface area (Å²) in [6.45, 7) is 16.4. The first-order chi connectivity index (χ1) is 11.8. The maximum Gasteiger partial charge on any atom is -0.0167 e. The maximum atomic E-state index is 2.45. The predicted octanol–water partition coefficient (Wildman–Crippen LogP) is 8.97. The minimum absolute atomic E-state index is 0.674. The molecule has 0 bridgehead atoms. The molecule has 148 valence electrons. The molecular formula is C25H48. The van der Waals surface area contributed by atoms with Crippen molar-refractivity contribution in [3.05, 3.63) is 23.8 Å². The molecule has 2 atom stereocenters. The average molecular weight is 349 g/mol. The Morgan fingerprint density at radius 1 is 0.720 bits per heavy atom. The summed E-state index contributed by atoms with van der Waals surface area (Å²) in [4.78, 5) is 0. The first-order valence-electron chi connectivity index (χ1n) is 11.1. The zero-order valence-corrected chi connectivity index (χ0v) is 18.6. The highest BCUT2D eigenvalue weighted by Crippen LogP contribution is 2.22. The SMILES string of the molecule is C/C(=C\CC=CC(C)C)CCC[C@H](C)CCC[C@H](C)CCCC(C)C. The van der Waals surface area contributed by atoms with Crippen molar-refractivity contribution in [1.82, 2.24) is 0 Å². The standard InChI is InChI=1S/C25H48/c1-21(2)13-8-9-15-23(5)17-11-19-25(7)20-12-18-24(6)16-10-14-22(3)4/h8,13,15,21-22,24-25H,9-12,14,16-20H2,1-7H3/b13-8?,23-15+/t24-,25+/m1/s1. The molecule has 0 aromatic heterocycles. The minimum atomic E-state index is 0.674. The Morgan fingerprint density at radius 2 is 1.24 bits per heavy atom. The van der Waals surface area contributed by atoms with Crippen molar-refractivity contribution in [2.45, 2.75) is 113 Å². The summed E-state index contributed by atoms with van der Waals surface area (Å²) in [6.07, 6.45) is 20.7. The summed E-state index contributed by atoms with van der Waals surface area (Å²) >= 11 is 0. The van der Waals surface area contributed by atoms with Gasteiger partial charge in [-0.25, -0.2) is 0 Å². The first kappa shape index (κ1) is 24.5. The van der Waals surface area contributed by atoms with Gasteiger partial charge in [-0.3, -0.25) is 0 Å². The number of hydrogen-bond donors (Lipinski definition) is 0. The van der Waals surface area contributed by atoms with Gasteiger partial charge in [0.25, 0.3) is 0 Å². The maximum absolute atomic E-state index is 2.45. The molecule has 0 amide bonds. The molecular weight excluding hydrogens is 300 g/mol.